The first-order valence-electron chi connectivity index (χ1n) is 10.5. The number of fused-ring (bicyclic) bond motifs is 2. The smallest absolute Gasteiger partial charge is 0.0464 e. The van der Waals surface area contributed by atoms with Crippen molar-refractivity contribution in [1.29, 1.82) is 0 Å². The van der Waals surface area contributed by atoms with Gasteiger partial charge in [-0.2, -0.15) is 0 Å². The molecule has 5 rings (SSSR count). The monoisotopic (exact) mass is 387 g/mol. The van der Waals surface area contributed by atoms with Gasteiger partial charge in [-0.3, -0.25) is 0 Å². The molecule has 0 radical (unpaired) electrons. The zero-order valence-corrected chi connectivity index (χ0v) is 17.4. The number of benzene rings is 5. The first kappa shape index (κ1) is 18.4. The van der Waals surface area contributed by atoms with E-state index in [1.54, 1.807) is 0 Å². The Morgan fingerprint density at radius 1 is 0.567 bits per heavy atom. The van der Waals surface area contributed by atoms with Gasteiger partial charge in [0, 0.05) is 22.7 Å². The summed E-state index contributed by atoms with van der Waals surface area (Å²) in [5.41, 5.74) is 6.25. The van der Waals surface area contributed by atoms with Gasteiger partial charge in [0.1, 0.15) is 0 Å². The highest BCUT2D eigenvalue weighted by Gasteiger charge is 2.15. The van der Waals surface area contributed by atoms with Gasteiger partial charge in [-0.15, -0.1) is 0 Å². The molecule has 1 unspecified atom stereocenters. The van der Waals surface area contributed by atoms with Crippen molar-refractivity contribution in [1.82, 2.24) is 0 Å². The van der Waals surface area contributed by atoms with Crippen molar-refractivity contribution in [3.05, 3.63) is 120 Å². The molecule has 5 aromatic rings. The zero-order valence-electron chi connectivity index (χ0n) is 17.4. The van der Waals surface area contributed by atoms with Crippen molar-refractivity contribution < 1.29 is 0 Å². The van der Waals surface area contributed by atoms with E-state index in [9.17, 15) is 0 Å². The van der Waals surface area contributed by atoms with Crippen molar-refractivity contribution in [2.75, 3.05) is 5.32 Å². The minimum absolute atomic E-state index is 0.300. The second kappa shape index (κ2) is 7.68. The van der Waals surface area contributed by atoms with E-state index in [1.165, 1.54) is 38.2 Å². The summed E-state index contributed by atoms with van der Waals surface area (Å²) in [4.78, 5) is 0. The molecule has 1 heteroatoms. The lowest BCUT2D eigenvalue weighted by atomic mass is 9.86. The highest BCUT2D eigenvalue weighted by atomic mass is 14.9. The number of hydrogen-bond donors (Lipinski definition) is 1. The van der Waals surface area contributed by atoms with Crippen LogP contribution in [-0.2, 0) is 0 Å². The van der Waals surface area contributed by atoms with E-state index in [1.807, 2.05) is 0 Å². The minimum Gasteiger partial charge on any atom is -0.355 e. The maximum Gasteiger partial charge on any atom is 0.0464 e. The maximum atomic E-state index is 3.61. The molecule has 0 amide bonds. The first-order valence-corrected chi connectivity index (χ1v) is 10.5. The average Bonchev–Trinajstić information content (AvgIpc) is 2.80. The molecule has 0 heterocycles. The summed E-state index contributed by atoms with van der Waals surface area (Å²) in [6.45, 7) is 4.43. The Balaban J connectivity index is 1.61. The standard InChI is InChI=1S/C29H25N/c1-20-14-16-23(17-15-20)30-29-19-18-25(27-11-5-6-12-28(27)29)21(2)24-13-7-9-22-8-3-4-10-26(22)24/h3-19,21,30H,1-2H3. The van der Waals surface area contributed by atoms with Crippen LogP contribution in [-0.4, -0.2) is 0 Å². The molecule has 0 saturated carbocycles. The fourth-order valence-electron chi connectivity index (χ4n) is 4.40. The molecule has 1 N–H and O–H groups in total. The van der Waals surface area contributed by atoms with Gasteiger partial charge in [-0.25, -0.2) is 0 Å². The van der Waals surface area contributed by atoms with E-state index in [-0.39, 0.29) is 0 Å². The average molecular weight is 388 g/mol. The van der Waals surface area contributed by atoms with Crippen LogP contribution in [0.25, 0.3) is 21.5 Å². The third kappa shape index (κ3) is 3.33. The van der Waals surface area contributed by atoms with Crippen LogP contribution in [0.2, 0.25) is 0 Å². The van der Waals surface area contributed by atoms with Gasteiger partial charge in [0.15, 0.2) is 0 Å². The summed E-state index contributed by atoms with van der Waals surface area (Å²) in [6, 6.07) is 37.1. The lowest BCUT2D eigenvalue weighted by Gasteiger charge is -2.19. The summed E-state index contributed by atoms with van der Waals surface area (Å²) >= 11 is 0. The van der Waals surface area contributed by atoms with E-state index >= 15 is 0 Å². The summed E-state index contributed by atoms with van der Waals surface area (Å²) in [5, 5.41) is 8.79. The van der Waals surface area contributed by atoms with Crippen LogP contribution >= 0.6 is 0 Å². The van der Waals surface area contributed by atoms with E-state index in [4.69, 9.17) is 0 Å². The Labute approximate surface area is 178 Å². The lowest BCUT2D eigenvalue weighted by Crippen LogP contribution is -2.00. The molecule has 146 valence electrons. The van der Waals surface area contributed by atoms with Crippen molar-refractivity contribution in [2.45, 2.75) is 19.8 Å². The fraction of sp³-hybridized carbons (Fsp3) is 0.103. The van der Waals surface area contributed by atoms with Crippen LogP contribution in [0, 0.1) is 6.92 Å². The SMILES string of the molecule is Cc1ccc(Nc2ccc(C(C)c3cccc4ccccc34)c3ccccc23)cc1. The Bertz CT molecular complexity index is 1330. The van der Waals surface area contributed by atoms with Crippen LogP contribution in [0.5, 0.6) is 0 Å². The number of anilines is 2. The molecular weight excluding hydrogens is 362 g/mol. The molecule has 0 aliphatic rings. The summed E-state index contributed by atoms with van der Waals surface area (Å²) < 4.78 is 0. The predicted octanol–water partition coefficient (Wildman–Crippen LogP) is 8.20. The number of hydrogen-bond acceptors (Lipinski definition) is 1. The second-order valence-corrected chi connectivity index (χ2v) is 8.03. The van der Waals surface area contributed by atoms with Crippen LogP contribution in [0.15, 0.2) is 103 Å². The van der Waals surface area contributed by atoms with Gasteiger partial charge in [0.2, 0.25) is 0 Å². The van der Waals surface area contributed by atoms with Crippen molar-refractivity contribution in [3.8, 4) is 0 Å². The largest absolute Gasteiger partial charge is 0.355 e. The van der Waals surface area contributed by atoms with Gasteiger partial charge < -0.3 is 5.32 Å². The van der Waals surface area contributed by atoms with E-state index < -0.39 is 0 Å². The molecule has 1 atom stereocenters. The molecule has 0 fully saturated rings. The summed E-state index contributed by atoms with van der Waals surface area (Å²) in [5.74, 6) is 0.300. The van der Waals surface area contributed by atoms with Crippen molar-refractivity contribution in [3.63, 3.8) is 0 Å². The number of nitrogens with one attached hydrogen (secondary N) is 1. The molecule has 30 heavy (non-hydrogen) atoms. The third-order valence-electron chi connectivity index (χ3n) is 6.04. The fourth-order valence-corrected chi connectivity index (χ4v) is 4.40. The minimum atomic E-state index is 0.300. The van der Waals surface area contributed by atoms with Gasteiger partial charge in [-0.1, -0.05) is 97.4 Å². The lowest BCUT2D eigenvalue weighted by molar-refractivity contribution is 0.944. The normalized spacial score (nSPS) is 12.2. The maximum absolute atomic E-state index is 3.61. The van der Waals surface area contributed by atoms with Gasteiger partial charge in [0.05, 0.1) is 0 Å². The van der Waals surface area contributed by atoms with E-state index in [2.05, 4.69) is 122 Å². The Morgan fingerprint density at radius 2 is 1.20 bits per heavy atom. The Morgan fingerprint density at radius 3 is 2.00 bits per heavy atom. The molecule has 0 aliphatic heterocycles. The third-order valence-corrected chi connectivity index (χ3v) is 6.04. The topological polar surface area (TPSA) is 12.0 Å². The van der Waals surface area contributed by atoms with Crippen LogP contribution in [0.3, 0.4) is 0 Å². The van der Waals surface area contributed by atoms with Gasteiger partial charge >= 0.3 is 0 Å². The van der Waals surface area contributed by atoms with Crippen LogP contribution in [0.1, 0.15) is 29.5 Å². The van der Waals surface area contributed by atoms with Crippen molar-refractivity contribution in [2.24, 2.45) is 0 Å². The van der Waals surface area contributed by atoms with Gasteiger partial charge in [-0.05, 0) is 52.4 Å². The van der Waals surface area contributed by atoms with Crippen LogP contribution < -0.4 is 5.32 Å². The van der Waals surface area contributed by atoms with Crippen LogP contribution in [0.4, 0.5) is 11.4 Å². The Kier molecular flexibility index (Phi) is 4.72. The molecule has 0 saturated heterocycles. The van der Waals surface area contributed by atoms with E-state index in [0.717, 1.165) is 11.4 Å². The van der Waals surface area contributed by atoms with Crippen molar-refractivity contribution >= 4 is 32.9 Å². The van der Waals surface area contributed by atoms with E-state index in [0.29, 0.717) is 5.92 Å². The summed E-state index contributed by atoms with van der Waals surface area (Å²) in [6.07, 6.45) is 0. The second-order valence-electron chi connectivity index (χ2n) is 8.03. The number of aryl methyl sites for hydroxylation is 1. The molecule has 0 aliphatic carbocycles. The van der Waals surface area contributed by atoms with Gasteiger partial charge in [0.25, 0.3) is 0 Å². The molecule has 0 bridgehead atoms. The highest BCUT2D eigenvalue weighted by Crippen LogP contribution is 2.37. The molecule has 1 nitrogen and oxygen atoms in total. The Hall–Kier alpha value is -3.58. The first-order chi connectivity index (χ1) is 14.7. The number of rotatable bonds is 4. The molecule has 0 spiro atoms. The molecular formula is C29H25N. The highest BCUT2D eigenvalue weighted by molar-refractivity contribution is 5.98. The summed E-state index contributed by atoms with van der Waals surface area (Å²) in [7, 11) is 0. The molecule has 5 aromatic carbocycles. The quantitative estimate of drug-likeness (QED) is 0.328. The predicted molar refractivity (Wildman–Crippen MR) is 130 cm³/mol. The molecule has 0 aromatic heterocycles. The zero-order chi connectivity index (χ0) is 20.5.